The van der Waals surface area contributed by atoms with Crippen molar-refractivity contribution in [3.05, 3.63) is 59.7 Å². The SMILES string of the molecule is CCOc1ccc(C(F)(F)F)cc1NC(=O)NCc1ccccc1. The predicted molar refractivity (Wildman–Crippen MR) is 84.9 cm³/mol. The fourth-order valence-electron chi connectivity index (χ4n) is 2.03. The summed E-state index contributed by atoms with van der Waals surface area (Å²) in [6.07, 6.45) is -4.50. The molecule has 0 radical (unpaired) electrons. The summed E-state index contributed by atoms with van der Waals surface area (Å²) in [6, 6.07) is 11.5. The van der Waals surface area contributed by atoms with Crippen LogP contribution in [0.4, 0.5) is 23.7 Å². The zero-order valence-electron chi connectivity index (χ0n) is 13.0. The Hall–Kier alpha value is -2.70. The molecule has 0 atom stereocenters. The molecule has 2 aromatic rings. The number of nitrogens with one attached hydrogen (secondary N) is 2. The molecule has 2 rings (SSSR count). The topological polar surface area (TPSA) is 50.4 Å². The van der Waals surface area contributed by atoms with Crippen molar-refractivity contribution in [1.82, 2.24) is 5.32 Å². The molecule has 0 aromatic heterocycles. The second-order valence-corrected chi connectivity index (χ2v) is 4.93. The number of hydrogen-bond acceptors (Lipinski definition) is 2. The summed E-state index contributed by atoms with van der Waals surface area (Å²) in [5, 5.41) is 4.99. The van der Waals surface area contributed by atoms with Crippen LogP contribution in [0.1, 0.15) is 18.1 Å². The van der Waals surface area contributed by atoms with Crippen molar-refractivity contribution in [1.29, 1.82) is 0 Å². The lowest BCUT2D eigenvalue weighted by atomic mass is 10.2. The first-order valence-electron chi connectivity index (χ1n) is 7.33. The maximum atomic E-state index is 12.8. The van der Waals surface area contributed by atoms with Crippen molar-refractivity contribution < 1.29 is 22.7 Å². The van der Waals surface area contributed by atoms with Crippen LogP contribution in [0.25, 0.3) is 0 Å². The Balaban J connectivity index is 2.09. The van der Waals surface area contributed by atoms with Crippen LogP contribution in [0, 0.1) is 0 Å². The molecular weight excluding hydrogens is 321 g/mol. The van der Waals surface area contributed by atoms with Crippen molar-refractivity contribution in [2.45, 2.75) is 19.6 Å². The number of ether oxygens (including phenoxy) is 1. The molecule has 0 saturated carbocycles. The molecule has 4 nitrogen and oxygen atoms in total. The summed E-state index contributed by atoms with van der Waals surface area (Å²) < 4.78 is 43.7. The van der Waals surface area contributed by atoms with Crippen LogP contribution in [-0.4, -0.2) is 12.6 Å². The summed E-state index contributed by atoms with van der Waals surface area (Å²) in [4.78, 5) is 11.9. The Morgan fingerprint density at radius 1 is 1.12 bits per heavy atom. The van der Waals surface area contributed by atoms with Crippen LogP contribution in [0.3, 0.4) is 0 Å². The molecule has 128 valence electrons. The van der Waals surface area contributed by atoms with Crippen molar-refractivity contribution in [2.75, 3.05) is 11.9 Å². The van der Waals surface area contributed by atoms with Gasteiger partial charge in [0.1, 0.15) is 5.75 Å². The minimum absolute atomic E-state index is 0.0303. The van der Waals surface area contributed by atoms with Gasteiger partial charge < -0.3 is 15.4 Å². The zero-order chi connectivity index (χ0) is 17.6. The van der Waals surface area contributed by atoms with E-state index in [4.69, 9.17) is 4.74 Å². The highest BCUT2D eigenvalue weighted by Crippen LogP contribution is 2.35. The number of alkyl halides is 3. The van der Waals surface area contributed by atoms with E-state index in [2.05, 4.69) is 10.6 Å². The lowest BCUT2D eigenvalue weighted by molar-refractivity contribution is -0.137. The van der Waals surface area contributed by atoms with E-state index in [1.807, 2.05) is 30.3 Å². The molecule has 0 saturated heterocycles. The van der Waals surface area contributed by atoms with Gasteiger partial charge in [-0.1, -0.05) is 30.3 Å². The van der Waals surface area contributed by atoms with Crippen LogP contribution < -0.4 is 15.4 Å². The molecule has 2 N–H and O–H groups in total. The second-order valence-electron chi connectivity index (χ2n) is 4.93. The number of hydrogen-bond donors (Lipinski definition) is 2. The Morgan fingerprint density at radius 3 is 2.46 bits per heavy atom. The van der Waals surface area contributed by atoms with Gasteiger partial charge in [0.25, 0.3) is 0 Å². The van der Waals surface area contributed by atoms with Gasteiger partial charge in [0.05, 0.1) is 17.9 Å². The van der Waals surface area contributed by atoms with E-state index in [-0.39, 0.29) is 24.6 Å². The fourth-order valence-corrected chi connectivity index (χ4v) is 2.03. The first kappa shape index (κ1) is 17.7. The average Bonchev–Trinajstić information content (AvgIpc) is 2.55. The van der Waals surface area contributed by atoms with E-state index in [1.165, 1.54) is 6.07 Å². The highest BCUT2D eigenvalue weighted by molar-refractivity contribution is 5.91. The van der Waals surface area contributed by atoms with Gasteiger partial charge in [-0.25, -0.2) is 4.79 Å². The van der Waals surface area contributed by atoms with Gasteiger partial charge in [0.2, 0.25) is 0 Å². The summed E-state index contributed by atoms with van der Waals surface area (Å²) in [6.45, 7) is 2.23. The van der Waals surface area contributed by atoms with Gasteiger partial charge in [0, 0.05) is 6.54 Å². The number of urea groups is 1. The summed E-state index contributed by atoms with van der Waals surface area (Å²) >= 11 is 0. The molecule has 0 unspecified atom stereocenters. The number of benzene rings is 2. The first-order valence-corrected chi connectivity index (χ1v) is 7.33. The van der Waals surface area contributed by atoms with Crippen LogP contribution in [0.5, 0.6) is 5.75 Å². The van der Waals surface area contributed by atoms with Crippen molar-refractivity contribution in [3.63, 3.8) is 0 Å². The summed E-state index contributed by atoms with van der Waals surface area (Å²) in [5.41, 5.74) is -0.0109. The van der Waals surface area contributed by atoms with Crippen LogP contribution in [-0.2, 0) is 12.7 Å². The fraction of sp³-hybridized carbons (Fsp3) is 0.235. The largest absolute Gasteiger partial charge is 0.492 e. The minimum atomic E-state index is -4.50. The molecular formula is C17H17F3N2O2. The molecule has 2 aromatic carbocycles. The number of anilines is 1. The second kappa shape index (κ2) is 7.72. The highest BCUT2D eigenvalue weighted by atomic mass is 19.4. The van der Waals surface area contributed by atoms with Gasteiger partial charge in [-0.15, -0.1) is 0 Å². The Bertz CT molecular complexity index is 688. The van der Waals surface area contributed by atoms with Gasteiger partial charge in [-0.05, 0) is 30.7 Å². The normalized spacial score (nSPS) is 11.0. The summed E-state index contributed by atoms with van der Waals surface area (Å²) in [5.74, 6) is 0.181. The number of rotatable bonds is 5. The maximum Gasteiger partial charge on any atom is 0.416 e. The Labute approximate surface area is 137 Å². The van der Waals surface area contributed by atoms with Gasteiger partial charge >= 0.3 is 12.2 Å². The third kappa shape index (κ3) is 4.91. The third-order valence-corrected chi connectivity index (χ3v) is 3.15. The quantitative estimate of drug-likeness (QED) is 0.847. The van der Waals surface area contributed by atoms with Crippen molar-refractivity contribution >= 4 is 11.7 Å². The van der Waals surface area contributed by atoms with E-state index in [0.717, 1.165) is 17.7 Å². The minimum Gasteiger partial charge on any atom is -0.492 e. The van der Waals surface area contributed by atoms with Gasteiger partial charge in [-0.3, -0.25) is 0 Å². The molecule has 24 heavy (non-hydrogen) atoms. The van der Waals surface area contributed by atoms with Crippen LogP contribution in [0.15, 0.2) is 48.5 Å². The average molecular weight is 338 g/mol. The van der Waals surface area contributed by atoms with Crippen molar-refractivity contribution in [2.24, 2.45) is 0 Å². The van der Waals surface area contributed by atoms with Crippen LogP contribution in [0.2, 0.25) is 0 Å². The standard InChI is InChI=1S/C17H17F3N2O2/c1-2-24-15-9-8-13(17(18,19)20)10-14(15)22-16(23)21-11-12-6-4-3-5-7-12/h3-10H,2,11H2,1H3,(H2,21,22,23). The lowest BCUT2D eigenvalue weighted by Crippen LogP contribution is -2.28. The van der Waals surface area contributed by atoms with E-state index in [9.17, 15) is 18.0 Å². The molecule has 0 heterocycles. The highest BCUT2D eigenvalue weighted by Gasteiger charge is 2.31. The number of carbonyl (C=O) groups is 1. The number of carbonyl (C=O) groups excluding carboxylic acids is 1. The van der Waals surface area contributed by atoms with E-state index in [0.29, 0.717) is 0 Å². The molecule has 0 fully saturated rings. The molecule has 0 bridgehead atoms. The molecule has 7 heteroatoms. The number of amides is 2. The first-order chi connectivity index (χ1) is 11.4. The summed E-state index contributed by atoms with van der Waals surface area (Å²) in [7, 11) is 0. The van der Waals surface area contributed by atoms with Gasteiger partial charge in [0.15, 0.2) is 0 Å². The third-order valence-electron chi connectivity index (χ3n) is 3.15. The van der Waals surface area contributed by atoms with E-state index in [1.54, 1.807) is 6.92 Å². The molecule has 0 aliphatic heterocycles. The monoisotopic (exact) mass is 338 g/mol. The molecule has 0 aliphatic rings. The van der Waals surface area contributed by atoms with Crippen molar-refractivity contribution in [3.8, 4) is 5.75 Å². The van der Waals surface area contributed by atoms with E-state index >= 15 is 0 Å². The number of halogens is 3. The predicted octanol–water partition coefficient (Wildman–Crippen LogP) is 4.43. The van der Waals surface area contributed by atoms with Gasteiger partial charge in [-0.2, -0.15) is 13.2 Å². The Morgan fingerprint density at radius 2 is 1.83 bits per heavy atom. The molecule has 0 aliphatic carbocycles. The molecule has 2 amide bonds. The lowest BCUT2D eigenvalue weighted by Gasteiger charge is -2.15. The maximum absolute atomic E-state index is 12.8. The van der Waals surface area contributed by atoms with Crippen LogP contribution >= 0.6 is 0 Å². The zero-order valence-corrected chi connectivity index (χ0v) is 13.0. The molecule has 0 spiro atoms. The Kier molecular flexibility index (Phi) is 5.68. The van der Waals surface area contributed by atoms with E-state index < -0.39 is 17.8 Å². The smallest absolute Gasteiger partial charge is 0.416 e.